The van der Waals surface area contributed by atoms with Gasteiger partial charge in [-0.15, -0.1) is 0 Å². The van der Waals surface area contributed by atoms with Crippen LogP contribution in [0.4, 0.5) is 0 Å². The van der Waals surface area contributed by atoms with Gasteiger partial charge in [0.15, 0.2) is 5.78 Å². The highest BCUT2D eigenvalue weighted by molar-refractivity contribution is 6.32. The molecule has 1 aliphatic heterocycles. The number of allylic oxidation sites excluding steroid dienone is 5. The predicted molar refractivity (Wildman–Crippen MR) is 146 cm³/mol. The number of carbonyl (C=O) groups is 1. The molecule has 0 amide bonds. The van der Waals surface area contributed by atoms with Crippen LogP contribution in [0.25, 0.3) is 17.2 Å². The van der Waals surface area contributed by atoms with Crippen molar-refractivity contribution >= 4 is 23.0 Å². The zero-order valence-corrected chi connectivity index (χ0v) is 22.1. The van der Waals surface area contributed by atoms with Crippen molar-refractivity contribution in [2.45, 2.75) is 73.8 Å². The number of rotatable bonds is 4. The van der Waals surface area contributed by atoms with Gasteiger partial charge >= 0.3 is 0 Å². The van der Waals surface area contributed by atoms with Gasteiger partial charge < -0.3 is 4.74 Å². The maximum atomic E-state index is 13.5. The Bertz CT molecular complexity index is 1210. The van der Waals surface area contributed by atoms with E-state index in [1.165, 1.54) is 11.1 Å². The molecule has 2 aromatic rings. The predicted octanol–water partition coefficient (Wildman–Crippen LogP) is 8.24. The molecule has 0 spiro atoms. The molecule has 2 aliphatic rings. The number of hydrogen-bond donors (Lipinski definition) is 0. The van der Waals surface area contributed by atoms with Crippen molar-refractivity contribution in [1.29, 1.82) is 0 Å². The molecule has 4 rings (SSSR count). The van der Waals surface area contributed by atoms with E-state index in [2.05, 4.69) is 78.5 Å². The molecule has 0 unspecified atom stereocenters. The van der Waals surface area contributed by atoms with Crippen LogP contribution in [-0.2, 0) is 17.6 Å². The molecule has 1 heterocycles. The third kappa shape index (κ3) is 4.73. The number of Topliss-reactive ketones (excluding diaryl/α,β-unsaturated/α-hetero) is 1. The first kappa shape index (κ1) is 25.5. The summed E-state index contributed by atoms with van der Waals surface area (Å²) in [6.07, 6.45) is 9.50. The molecule has 0 radical (unpaired) electrons. The highest BCUT2D eigenvalue weighted by Gasteiger charge is 2.34. The van der Waals surface area contributed by atoms with Crippen LogP contribution >= 0.6 is 0 Å². The summed E-state index contributed by atoms with van der Waals surface area (Å²) in [5.74, 6) is 1.06. The molecule has 2 aromatic carbocycles. The van der Waals surface area contributed by atoms with E-state index in [1.54, 1.807) is 0 Å². The number of carbonyl (C=O) groups excluding carboxylic acids is 1. The van der Waals surface area contributed by atoms with Gasteiger partial charge in [0.25, 0.3) is 0 Å². The third-order valence-electron chi connectivity index (χ3n) is 6.39. The van der Waals surface area contributed by atoms with Crippen molar-refractivity contribution in [3.8, 4) is 5.75 Å². The van der Waals surface area contributed by atoms with Crippen LogP contribution in [0.5, 0.6) is 5.75 Å². The van der Waals surface area contributed by atoms with E-state index in [0.717, 1.165) is 56.7 Å². The molecule has 0 fully saturated rings. The lowest BCUT2D eigenvalue weighted by atomic mass is 9.75. The Kier molecular flexibility index (Phi) is 7.51. The van der Waals surface area contributed by atoms with Crippen LogP contribution in [0.15, 0.2) is 54.6 Å². The van der Waals surface area contributed by atoms with E-state index < -0.39 is 0 Å². The minimum atomic E-state index is -0.379. The van der Waals surface area contributed by atoms with Crippen molar-refractivity contribution in [2.75, 3.05) is 0 Å². The Morgan fingerprint density at radius 2 is 1.76 bits per heavy atom. The number of hydrogen-bond acceptors (Lipinski definition) is 2. The summed E-state index contributed by atoms with van der Waals surface area (Å²) in [6, 6.07) is 8.20. The second-order valence-corrected chi connectivity index (χ2v) is 9.68. The summed E-state index contributed by atoms with van der Waals surface area (Å²) in [7, 11) is 0. The molecule has 0 atom stereocenters. The monoisotopic (exact) mass is 454 g/mol. The Labute approximate surface area is 205 Å². The number of fused-ring (bicyclic) bond motifs is 2. The van der Waals surface area contributed by atoms with Gasteiger partial charge in [0.2, 0.25) is 0 Å². The first-order valence-electron chi connectivity index (χ1n) is 12.3. The van der Waals surface area contributed by atoms with Crippen molar-refractivity contribution < 1.29 is 9.53 Å². The molecule has 0 N–H and O–H groups in total. The number of benzene rings is 2. The number of ketones is 1. The molecular formula is C32H38O2. The molecule has 0 bridgehead atoms. The Morgan fingerprint density at radius 3 is 2.35 bits per heavy atom. The summed E-state index contributed by atoms with van der Waals surface area (Å²) in [4.78, 5) is 13.5. The van der Waals surface area contributed by atoms with Crippen molar-refractivity contribution in [1.82, 2.24) is 0 Å². The molecule has 34 heavy (non-hydrogen) atoms. The van der Waals surface area contributed by atoms with Gasteiger partial charge in [0.1, 0.15) is 11.4 Å². The number of aryl methyl sites for hydroxylation is 1. The smallest absolute Gasteiger partial charge is 0.168 e. The molecule has 0 aromatic heterocycles. The van der Waals surface area contributed by atoms with Crippen LogP contribution in [0.1, 0.15) is 80.5 Å². The van der Waals surface area contributed by atoms with Crippen molar-refractivity contribution in [3.63, 3.8) is 0 Å². The van der Waals surface area contributed by atoms with Gasteiger partial charge in [0, 0.05) is 23.1 Å². The summed E-state index contributed by atoms with van der Waals surface area (Å²) >= 11 is 0. The minimum absolute atomic E-state index is 0.139. The maximum absolute atomic E-state index is 13.5. The fourth-order valence-electron chi connectivity index (χ4n) is 4.73. The van der Waals surface area contributed by atoms with E-state index in [0.29, 0.717) is 6.42 Å². The fourth-order valence-corrected chi connectivity index (χ4v) is 4.73. The third-order valence-corrected chi connectivity index (χ3v) is 6.39. The van der Waals surface area contributed by atoms with Crippen LogP contribution in [0, 0.1) is 13.8 Å². The van der Waals surface area contributed by atoms with E-state index in [4.69, 9.17) is 4.74 Å². The minimum Gasteiger partial charge on any atom is -0.483 e. The van der Waals surface area contributed by atoms with Crippen molar-refractivity contribution in [2.24, 2.45) is 0 Å². The number of ether oxygens (including phenoxy) is 1. The van der Waals surface area contributed by atoms with Crippen molar-refractivity contribution in [3.05, 3.63) is 93.6 Å². The lowest BCUT2D eigenvalue weighted by molar-refractivity contribution is -0.113. The molecular weight excluding hydrogens is 416 g/mol. The van der Waals surface area contributed by atoms with E-state index in [1.807, 2.05) is 32.1 Å². The Balaban J connectivity index is 0.00000158. The maximum Gasteiger partial charge on any atom is 0.168 e. The highest BCUT2D eigenvalue weighted by atomic mass is 16.5. The largest absolute Gasteiger partial charge is 0.483 e. The zero-order valence-electron chi connectivity index (χ0n) is 22.1. The quantitative estimate of drug-likeness (QED) is 0.435. The topological polar surface area (TPSA) is 26.3 Å². The van der Waals surface area contributed by atoms with Gasteiger partial charge in [-0.2, -0.15) is 0 Å². The van der Waals surface area contributed by atoms with Crippen LogP contribution in [-0.4, -0.2) is 11.4 Å². The van der Waals surface area contributed by atoms with E-state index >= 15 is 0 Å². The average Bonchev–Trinajstić information content (AvgIpc) is 2.79. The van der Waals surface area contributed by atoms with Crippen LogP contribution in [0.3, 0.4) is 0 Å². The summed E-state index contributed by atoms with van der Waals surface area (Å²) in [5.41, 5.74) is 10.3. The lowest BCUT2D eigenvalue weighted by Crippen LogP contribution is -2.30. The van der Waals surface area contributed by atoms with Crippen LogP contribution in [0.2, 0.25) is 0 Å². The Morgan fingerprint density at radius 1 is 1.12 bits per heavy atom. The lowest BCUT2D eigenvalue weighted by Gasteiger charge is -2.34. The van der Waals surface area contributed by atoms with Gasteiger partial charge in [0.05, 0.1) is 0 Å². The van der Waals surface area contributed by atoms with E-state index in [-0.39, 0.29) is 11.4 Å². The summed E-state index contributed by atoms with van der Waals surface area (Å²) < 4.78 is 6.49. The first-order chi connectivity index (χ1) is 16.1. The highest BCUT2D eigenvalue weighted by Crippen LogP contribution is 2.47. The SMILES string of the molecule is C=CC1=C(c2ccc(C)cc2)C(=O)Cc2c(CC=C(C)C)c3c(c(C)c21)C=CC(C)(C)O3.CC. The Hall–Kier alpha value is -3.13. The average molecular weight is 455 g/mol. The zero-order chi connectivity index (χ0) is 25.2. The van der Waals surface area contributed by atoms with Gasteiger partial charge in [-0.1, -0.05) is 74.1 Å². The van der Waals surface area contributed by atoms with Gasteiger partial charge in [-0.25, -0.2) is 0 Å². The van der Waals surface area contributed by atoms with Gasteiger partial charge in [-0.3, -0.25) is 4.79 Å². The molecule has 2 heteroatoms. The molecule has 0 saturated carbocycles. The molecule has 2 nitrogen and oxygen atoms in total. The normalized spacial score (nSPS) is 15.5. The van der Waals surface area contributed by atoms with E-state index in [9.17, 15) is 4.79 Å². The standard InChI is InChI=1S/C30H32O2.C2H6/c1-8-22-27-20(5)23-15-16-30(6,7)32-29(23)24(14-9-18(2)3)25(27)17-26(31)28(22)21-12-10-19(4)11-13-21;1-2/h8-13,15-16H,1,14,17H2,2-7H3;1-2H3. The molecule has 1 aliphatic carbocycles. The second-order valence-electron chi connectivity index (χ2n) is 9.68. The van der Waals surface area contributed by atoms with Crippen LogP contribution < -0.4 is 4.74 Å². The summed E-state index contributed by atoms with van der Waals surface area (Å²) in [5, 5.41) is 0. The summed E-state index contributed by atoms with van der Waals surface area (Å²) in [6.45, 7) is 20.7. The second kappa shape index (κ2) is 10.0. The fraction of sp³-hybridized carbons (Fsp3) is 0.344. The first-order valence-corrected chi connectivity index (χ1v) is 12.3. The molecule has 178 valence electrons. The van der Waals surface area contributed by atoms with Gasteiger partial charge in [-0.05, 0) is 81.9 Å². The molecule has 0 saturated heterocycles.